The lowest BCUT2D eigenvalue weighted by Gasteiger charge is -2.33. The van der Waals surface area contributed by atoms with Gasteiger partial charge in [0.05, 0.1) is 13.7 Å². The fourth-order valence-electron chi connectivity index (χ4n) is 2.60. The van der Waals surface area contributed by atoms with E-state index >= 15 is 0 Å². The van der Waals surface area contributed by atoms with E-state index in [1.165, 1.54) is 5.56 Å². The molecule has 0 aromatic heterocycles. The van der Waals surface area contributed by atoms with Crippen LogP contribution in [0, 0.1) is 0 Å². The minimum absolute atomic E-state index is 0.126. The fourth-order valence-corrected chi connectivity index (χ4v) is 2.60. The van der Waals surface area contributed by atoms with Crippen LogP contribution < -0.4 is 4.74 Å². The number of benzene rings is 1. The molecule has 1 aliphatic rings. The van der Waals surface area contributed by atoms with E-state index in [-0.39, 0.29) is 6.03 Å². The standard InChI is InChI=1S/C15H22N2O2/c1-4-16(5-2)15(18)17-10-9-12-7-6-8-14(19-3)13(12)11-17/h6-8H,4-5,9-11H2,1-3H3. The molecule has 1 aromatic carbocycles. The van der Waals surface area contributed by atoms with Crippen molar-refractivity contribution in [1.82, 2.24) is 9.80 Å². The molecule has 2 amide bonds. The Morgan fingerprint density at radius 1 is 1.37 bits per heavy atom. The number of nitrogens with zero attached hydrogens (tertiary/aromatic N) is 2. The van der Waals surface area contributed by atoms with Crippen LogP contribution in [0.1, 0.15) is 25.0 Å². The van der Waals surface area contributed by atoms with Crippen molar-refractivity contribution in [2.24, 2.45) is 0 Å². The van der Waals surface area contributed by atoms with E-state index in [1.54, 1.807) is 7.11 Å². The molecule has 0 unspecified atom stereocenters. The Hall–Kier alpha value is -1.71. The van der Waals surface area contributed by atoms with Crippen molar-refractivity contribution >= 4 is 6.03 Å². The van der Waals surface area contributed by atoms with Crippen molar-refractivity contribution in [3.8, 4) is 5.75 Å². The van der Waals surface area contributed by atoms with Crippen molar-refractivity contribution in [2.45, 2.75) is 26.8 Å². The summed E-state index contributed by atoms with van der Waals surface area (Å²) in [6.45, 7) is 6.97. The van der Waals surface area contributed by atoms with Crippen molar-refractivity contribution in [2.75, 3.05) is 26.7 Å². The number of carbonyl (C=O) groups is 1. The molecule has 1 aliphatic heterocycles. The molecule has 0 aliphatic carbocycles. The zero-order valence-electron chi connectivity index (χ0n) is 12.0. The molecule has 0 radical (unpaired) electrons. The highest BCUT2D eigenvalue weighted by molar-refractivity contribution is 5.75. The molecule has 104 valence electrons. The maximum atomic E-state index is 12.4. The molecule has 1 heterocycles. The SMILES string of the molecule is CCN(CC)C(=O)N1CCc2cccc(OC)c2C1. The molecule has 0 spiro atoms. The second kappa shape index (κ2) is 5.95. The lowest BCUT2D eigenvalue weighted by molar-refractivity contribution is 0.151. The van der Waals surface area contributed by atoms with Gasteiger partial charge in [-0.1, -0.05) is 12.1 Å². The van der Waals surface area contributed by atoms with Gasteiger partial charge in [0.15, 0.2) is 0 Å². The van der Waals surface area contributed by atoms with Crippen LogP contribution in [-0.4, -0.2) is 42.6 Å². The zero-order chi connectivity index (χ0) is 13.8. The molecular weight excluding hydrogens is 240 g/mol. The van der Waals surface area contributed by atoms with Gasteiger partial charge in [0.1, 0.15) is 5.75 Å². The van der Waals surface area contributed by atoms with E-state index < -0.39 is 0 Å². The van der Waals surface area contributed by atoms with Crippen LogP contribution in [0.4, 0.5) is 4.79 Å². The Kier molecular flexibility index (Phi) is 4.30. The Balaban J connectivity index is 2.19. The number of methoxy groups -OCH3 is 1. The quantitative estimate of drug-likeness (QED) is 0.838. The molecule has 0 fully saturated rings. The summed E-state index contributed by atoms with van der Waals surface area (Å²) in [6, 6.07) is 6.22. The van der Waals surface area contributed by atoms with Crippen molar-refractivity contribution in [3.05, 3.63) is 29.3 Å². The monoisotopic (exact) mass is 262 g/mol. The summed E-state index contributed by atoms with van der Waals surface area (Å²) in [5.41, 5.74) is 2.44. The number of hydrogen-bond acceptors (Lipinski definition) is 2. The molecule has 0 N–H and O–H groups in total. The van der Waals surface area contributed by atoms with Gasteiger partial charge in [-0.25, -0.2) is 4.79 Å². The first-order valence-electron chi connectivity index (χ1n) is 6.89. The van der Waals surface area contributed by atoms with Gasteiger partial charge in [-0.3, -0.25) is 0 Å². The number of rotatable bonds is 3. The van der Waals surface area contributed by atoms with E-state index in [0.717, 1.165) is 37.4 Å². The summed E-state index contributed by atoms with van der Waals surface area (Å²) in [7, 11) is 1.68. The van der Waals surface area contributed by atoms with Gasteiger partial charge in [0.25, 0.3) is 0 Å². The third-order valence-electron chi connectivity index (χ3n) is 3.75. The van der Waals surface area contributed by atoms with Crippen LogP contribution in [0.25, 0.3) is 0 Å². The minimum Gasteiger partial charge on any atom is -0.496 e. The van der Waals surface area contributed by atoms with Crippen LogP contribution in [0.3, 0.4) is 0 Å². The van der Waals surface area contributed by atoms with Gasteiger partial charge in [-0.15, -0.1) is 0 Å². The topological polar surface area (TPSA) is 32.8 Å². The predicted octanol–water partition coefficient (Wildman–Crippen LogP) is 2.52. The Bertz CT molecular complexity index is 441. The average Bonchev–Trinajstić information content (AvgIpc) is 2.47. The molecule has 1 aromatic rings. The van der Waals surface area contributed by atoms with Crippen LogP contribution in [0.5, 0.6) is 5.75 Å². The first-order chi connectivity index (χ1) is 9.21. The summed E-state index contributed by atoms with van der Waals surface area (Å²) in [5.74, 6) is 0.884. The van der Waals surface area contributed by atoms with Crippen LogP contribution in [-0.2, 0) is 13.0 Å². The van der Waals surface area contributed by atoms with Gasteiger partial charge in [0, 0.05) is 25.2 Å². The molecule has 4 heteroatoms. The number of amides is 2. The van der Waals surface area contributed by atoms with Gasteiger partial charge < -0.3 is 14.5 Å². The van der Waals surface area contributed by atoms with E-state index in [0.29, 0.717) is 6.54 Å². The average molecular weight is 262 g/mol. The number of ether oxygens (including phenoxy) is 1. The zero-order valence-corrected chi connectivity index (χ0v) is 12.0. The van der Waals surface area contributed by atoms with Crippen LogP contribution in [0.15, 0.2) is 18.2 Å². The van der Waals surface area contributed by atoms with Gasteiger partial charge >= 0.3 is 6.03 Å². The first kappa shape index (κ1) is 13.7. The third kappa shape index (κ3) is 2.67. The molecular formula is C15H22N2O2. The first-order valence-corrected chi connectivity index (χ1v) is 6.89. The van der Waals surface area contributed by atoms with Gasteiger partial charge in [0.2, 0.25) is 0 Å². The second-order valence-corrected chi connectivity index (χ2v) is 4.72. The summed E-state index contributed by atoms with van der Waals surface area (Å²) < 4.78 is 5.40. The lowest BCUT2D eigenvalue weighted by atomic mass is 9.99. The normalized spacial score (nSPS) is 13.9. The van der Waals surface area contributed by atoms with Crippen LogP contribution in [0.2, 0.25) is 0 Å². The molecule has 2 rings (SSSR count). The molecule has 4 nitrogen and oxygen atoms in total. The summed E-state index contributed by atoms with van der Waals surface area (Å²) in [4.78, 5) is 16.2. The molecule has 0 saturated heterocycles. The summed E-state index contributed by atoms with van der Waals surface area (Å²) in [5, 5.41) is 0. The van der Waals surface area contributed by atoms with E-state index in [2.05, 4.69) is 6.07 Å². The largest absolute Gasteiger partial charge is 0.496 e. The number of carbonyl (C=O) groups excluding carboxylic acids is 1. The summed E-state index contributed by atoms with van der Waals surface area (Å²) >= 11 is 0. The van der Waals surface area contributed by atoms with Gasteiger partial charge in [-0.05, 0) is 31.9 Å². The molecule has 0 atom stereocenters. The van der Waals surface area contributed by atoms with Crippen molar-refractivity contribution < 1.29 is 9.53 Å². The Labute approximate surface area is 115 Å². The highest BCUT2D eigenvalue weighted by atomic mass is 16.5. The van der Waals surface area contributed by atoms with Crippen LogP contribution >= 0.6 is 0 Å². The highest BCUT2D eigenvalue weighted by Gasteiger charge is 2.25. The molecule has 0 bridgehead atoms. The second-order valence-electron chi connectivity index (χ2n) is 4.72. The lowest BCUT2D eigenvalue weighted by Crippen LogP contribution is -2.45. The maximum Gasteiger partial charge on any atom is 0.320 e. The molecule has 0 saturated carbocycles. The van der Waals surface area contributed by atoms with Gasteiger partial charge in [-0.2, -0.15) is 0 Å². The fraction of sp³-hybridized carbons (Fsp3) is 0.533. The van der Waals surface area contributed by atoms with E-state index in [1.807, 2.05) is 35.8 Å². The van der Waals surface area contributed by atoms with E-state index in [4.69, 9.17) is 4.74 Å². The van der Waals surface area contributed by atoms with Crippen molar-refractivity contribution in [3.63, 3.8) is 0 Å². The smallest absolute Gasteiger partial charge is 0.320 e. The number of urea groups is 1. The highest BCUT2D eigenvalue weighted by Crippen LogP contribution is 2.28. The number of hydrogen-bond donors (Lipinski definition) is 0. The summed E-state index contributed by atoms with van der Waals surface area (Å²) in [6.07, 6.45) is 0.902. The molecule has 19 heavy (non-hydrogen) atoms. The minimum atomic E-state index is 0.126. The predicted molar refractivity (Wildman–Crippen MR) is 75.4 cm³/mol. The number of fused-ring (bicyclic) bond motifs is 1. The Morgan fingerprint density at radius 2 is 2.11 bits per heavy atom. The Morgan fingerprint density at radius 3 is 2.74 bits per heavy atom. The van der Waals surface area contributed by atoms with E-state index in [9.17, 15) is 4.79 Å². The third-order valence-corrected chi connectivity index (χ3v) is 3.75. The maximum absolute atomic E-state index is 12.4. The van der Waals surface area contributed by atoms with Crippen molar-refractivity contribution in [1.29, 1.82) is 0 Å².